The molecule has 0 heterocycles. The van der Waals surface area contributed by atoms with Gasteiger partial charge in [0.15, 0.2) is 5.60 Å². The van der Waals surface area contributed by atoms with E-state index in [1.165, 1.54) is 0 Å². The van der Waals surface area contributed by atoms with Gasteiger partial charge in [-0.1, -0.05) is 0 Å². The van der Waals surface area contributed by atoms with E-state index in [2.05, 4.69) is 4.74 Å². The number of ether oxygens (including phenoxy) is 1. The molecule has 0 saturated heterocycles. The van der Waals surface area contributed by atoms with Crippen LogP contribution in [-0.2, 0) is 28.7 Å². The molecule has 0 bridgehead atoms. The molecule has 0 aliphatic heterocycles. The average Bonchev–Trinajstić information content (AvgIpc) is 2.24. The number of carbonyl (C=O) groups excluding carboxylic acids is 2. The standard InChI is InChI=1S/C10H12O10.Na.H/c11-5(12)1-2-7(15)20-8(16)4-10(19,9(17)18)3-6(13)14;;/h19H,1-4H2,(H,11,12)(H,13,14)(H,17,18);;. The number of carboxylic acid groups (broad SMARTS) is 3. The van der Waals surface area contributed by atoms with E-state index in [1.54, 1.807) is 0 Å². The Hall–Kier alpha value is -1.49. The Balaban J connectivity index is 0. The minimum absolute atomic E-state index is 0. The Morgan fingerprint density at radius 2 is 1.33 bits per heavy atom. The Kier molecular flexibility index (Phi) is 9.81. The van der Waals surface area contributed by atoms with Crippen LogP contribution in [0.15, 0.2) is 0 Å². The molecule has 0 fully saturated rings. The molecule has 0 aromatic carbocycles. The maximum absolute atomic E-state index is 11.2. The molecule has 0 rings (SSSR count). The summed E-state index contributed by atoms with van der Waals surface area (Å²) in [6.07, 6.45) is -3.73. The first-order valence-electron chi connectivity index (χ1n) is 5.19. The van der Waals surface area contributed by atoms with Gasteiger partial charge in [0.1, 0.15) is 0 Å². The zero-order valence-corrected chi connectivity index (χ0v) is 10.1. The molecular formula is C10H13NaO10. The van der Waals surface area contributed by atoms with E-state index in [-0.39, 0.29) is 29.6 Å². The van der Waals surface area contributed by atoms with Crippen molar-refractivity contribution >= 4 is 59.4 Å². The molecule has 11 heteroatoms. The SMILES string of the molecule is O=C(O)CCC(=O)OC(=O)CC(O)(CC(=O)O)C(=O)O.[NaH]. The summed E-state index contributed by atoms with van der Waals surface area (Å²) in [6.45, 7) is 0. The monoisotopic (exact) mass is 316 g/mol. The second-order valence-corrected chi connectivity index (χ2v) is 3.82. The van der Waals surface area contributed by atoms with Crippen LogP contribution in [0.5, 0.6) is 0 Å². The van der Waals surface area contributed by atoms with Gasteiger partial charge in [-0.3, -0.25) is 19.2 Å². The summed E-state index contributed by atoms with van der Waals surface area (Å²) in [7, 11) is 0. The average molecular weight is 316 g/mol. The molecule has 21 heavy (non-hydrogen) atoms. The van der Waals surface area contributed by atoms with Gasteiger partial charge in [0.25, 0.3) is 0 Å². The second kappa shape index (κ2) is 9.45. The van der Waals surface area contributed by atoms with Crippen molar-refractivity contribution in [2.45, 2.75) is 31.3 Å². The molecule has 10 nitrogen and oxygen atoms in total. The van der Waals surface area contributed by atoms with Crippen LogP contribution in [0.3, 0.4) is 0 Å². The summed E-state index contributed by atoms with van der Waals surface area (Å²) in [4.78, 5) is 53.4. The fourth-order valence-corrected chi connectivity index (χ4v) is 1.13. The molecule has 1 atom stereocenters. The Bertz CT molecular complexity index is 445. The molecule has 0 aromatic rings. The van der Waals surface area contributed by atoms with E-state index >= 15 is 0 Å². The van der Waals surface area contributed by atoms with Crippen molar-refractivity contribution in [3.05, 3.63) is 0 Å². The van der Waals surface area contributed by atoms with E-state index in [0.29, 0.717) is 0 Å². The third-order valence-corrected chi connectivity index (χ3v) is 2.05. The third-order valence-electron chi connectivity index (χ3n) is 2.05. The van der Waals surface area contributed by atoms with E-state index in [0.717, 1.165) is 0 Å². The third kappa shape index (κ3) is 9.13. The van der Waals surface area contributed by atoms with Crippen molar-refractivity contribution in [2.24, 2.45) is 0 Å². The van der Waals surface area contributed by atoms with Crippen molar-refractivity contribution in [2.75, 3.05) is 0 Å². The minimum atomic E-state index is -2.91. The van der Waals surface area contributed by atoms with E-state index in [4.69, 9.17) is 15.3 Å². The van der Waals surface area contributed by atoms with E-state index in [1.807, 2.05) is 0 Å². The topological polar surface area (TPSA) is 175 Å². The number of rotatable bonds is 8. The first kappa shape index (κ1) is 21.8. The Morgan fingerprint density at radius 3 is 1.71 bits per heavy atom. The van der Waals surface area contributed by atoms with Gasteiger partial charge in [0, 0.05) is 0 Å². The van der Waals surface area contributed by atoms with Gasteiger partial charge in [-0.2, -0.15) is 0 Å². The van der Waals surface area contributed by atoms with Crippen LogP contribution in [0.4, 0.5) is 0 Å². The van der Waals surface area contributed by atoms with Gasteiger partial charge < -0.3 is 25.2 Å². The van der Waals surface area contributed by atoms with Gasteiger partial charge in [-0.15, -0.1) is 0 Å². The normalized spacial score (nSPS) is 12.4. The van der Waals surface area contributed by atoms with Gasteiger partial charge >= 0.3 is 59.4 Å². The maximum atomic E-state index is 11.2. The number of carboxylic acids is 3. The predicted molar refractivity (Wildman–Crippen MR) is 64.6 cm³/mol. The zero-order chi connectivity index (χ0) is 15.9. The number of esters is 2. The first-order valence-corrected chi connectivity index (χ1v) is 5.19. The number of aliphatic carboxylic acids is 3. The molecule has 0 saturated carbocycles. The fourth-order valence-electron chi connectivity index (χ4n) is 1.13. The van der Waals surface area contributed by atoms with Gasteiger partial charge in [-0.05, 0) is 0 Å². The fraction of sp³-hybridized carbons (Fsp3) is 0.500. The summed E-state index contributed by atoms with van der Waals surface area (Å²) in [5, 5.41) is 34.8. The second-order valence-electron chi connectivity index (χ2n) is 3.82. The van der Waals surface area contributed by atoms with Crippen LogP contribution in [0.2, 0.25) is 0 Å². The molecule has 0 aliphatic rings. The van der Waals surface area contributed by atoms with Crippen LogP contribution < -0.4 is 0 Å². The molecule has 0 amide bonds. The van der Waals surface area contributed by atoms with Crippen molar-refractivity contribution in [3.63, 3.8) is 0 Å². The first-order chi connectivity index (χ1) is 9.06. The molecule has 0 spiro atoms. The number of hydrogen-bond donors (Lipinski definition) is 4. The van der Waals surface area contributed by atoms with Crippen molar-refractivity contribution in [1.82, 2.24) is 0 Å². The van der Waals surface area contributed by atoms with Gasteiger partial charge in [-0.25, -0.2) is 4.79 Å². The molecular weight excluding hydrogens is 303 g/mol. The molecule has 1 unspecified atom stereocenters. The summed E-state index contributed by atoms with van der Waals surface area (Å²) >= 11 is 0. The molecule has 114 valence electrons. The summed E-state index contributed by atoms with van der Waals surface area (Å²) < 4.78 is 4.07. The van der Waals surface area contributed by atoms with Crippen LogP contribution in [0.25, 0.3) is 0 Å². The molecule has 4 N–H and O–H groups in total. The van der Waals surface area contributed by atoms with Crippen molar-refractivity contribution in [3.8, 4) is 0 Å². The Morgan fingerprint density at radius 1 is 0.810 bits per heavy atom. The van der Waals surface area contributed by atoms with Crippen LogP contribution in [0.1, 0.15) is 25.7 Å². The van der Waals surface area contributed by atoms with Crippen LogP contribution >= 0.6 is 0 Å². The van der Waals surface area contributed by atoms with Crippen molar-refractivity contribution in [1.29, 1.82) is 0 Å². The number of aliphatic hydroxyl groups is 1. The summed E-state index contributed by atoms with van der Waals surface area (Å²) in [5.41, 5.74) is -2.91. The number of carbonyl (C=O) groups is 5. The summed E-state index contributed by atoms with van der Waals surface area (Å²) in [6, 6.07) is 0. The van der Waals surface area contributed by atoms with Crippen molar-refractivity contribution < 1.29 is 49.1 Å². The quantitative estimate of drug-likeness (QED) is 0.221. The number of hydrogen-bond acceptors (Lipinski definition) is 7. The van der Waals surface area contributed by atoms with Crippen LogP contribution in [0, 0.1) is 0 Å². The molecule has 0 aliphatic carbocycles. The molecule has 0 radical (unpaired) electrons. The van der Waals surface area contributed by atoms with E-state index < -0.39 is 61.1 Å². The Labute approximate surface area is 140 Å². The van der Waals surface area contributed by atoms with Gasteiger partial charge in [0.2, 0.25) is 0 Å². The summed E-state index contributed by atoms with van der Waals surface area (Å²) in [5.74, 6) is -7.62. The molecule has 0 aromatic heterocycles. The zero-order valence-electron chi connectivity index (χ0n) is 10.1. The van der Waals surface area contributed by atoms with E-state index in [9.17, 15) is 29.1 Å². The predicted octanol–water partition coefficient (Wildman–Crippen LogP) is -2.05. The van der Waals surface area contributed by atoms with Crippen LogP contribution in [-0.4, -0.2) is 85.4 Å². The van der Waals surface area contributed by atoms with Gasteiger partial charge in [0.05, 0.1) is 25.7 Å².